The zero-order valence-corrected chi connectivity index (χ0v) is 12.1. The first kappa shape index (κ1) is 13.7. The van der Waals surface area contributed by atoms with Crippen molar-refractivity contribution in [3.63, 3.8) is 0 Å². The second kappa shape index (κ2) is 5.93. The molecule has 98 valence electrons. The predicted octanol–water partition coefficient (Wildman–Crippen LogP) is 3.01. The third-order valence-electron chi connectivity index (χ3n) is 3.56. The number of ketones is 1. The van der Waals surface area contributed by atoms with Gasteiger partial charge in [-0.25, -0.2) is 0 Å². The number of aromatic nitrogens is 1. The zero-order chi connectivity index (χ0) is 13.0. The lowest BCUT2D eigenvalue weighted by Gasteiger charge is -2.32. The molecule has 3 nitrogen and oxygen atoms in total. The summed E-state index contributed by atoms with van der Waals surface area (Å²) in [5, 5.41) is 0. The fourth-order valence-electron chi connectivity index (χ4n) is 2.67. The lowest BCUT2D eigenvalue weighted by Crippen LogP contribution is -2.43. The fourth-order valence-corrected chi connectivity index (χ4v) is 3.08. The summed E-state index contributed by atoms with van der Waals surface area (Å²) in [7, 11) is 0. The van der Waals surface area contributed by atoms with E-state index in [0.29, 0.717) is 12.8 Å². The molecule has 2 rings (SSSR count). The van der Waals surface area contributed by atoms with Gasteiger partial charge in [0.05, 0.1) is 0 Å². The van der Waals surface area contributed by atoms with E-state index in [1.54, 1.807) is 12.4 Å². The highest BCUT2D eigenvalue weighted by molar-refractivity contribution is 9.10. The Kier molecular flexibility index (Phi) is 4.51. The Morgan fingerprint density at radius 2 is 2.06 bits per heavy atom. The number of carbonyl (C=O) groups excluding carboxylic acids is 1. The molecule has 1 aromatic heterocycles. The van der Waals surface area contributed by atoms with E-state index in [0.717, 1.165) is 35.7 Å². The Bertz CT molecular complexity index is 428. The Morgan fingerprint density at radius 3 is 2.72 bits per heavy atom. The van der Waals surface area contributed by atoms with Gasteiger partial charge in [0.25, 0.3) is 0 Å². The molecule has 0 bridgehead atoms. The van der Waals surface area contributed by atoms with Gasteiger partial charge in [-0.3, -0.25) is 9.78 Å². The number of carbonyl (C=O) groups is 1. The van der Waals surface area contributed by atoms with E-state index >= 15 is 0 Å². The maximum absolute atomic E-state index is 12.1. The molecule has 0 atom stereocenters. The molecule has 1 aliphatic rings. The summed E-state index contributed by atoms with van der Waals surface area (Å²) in [6, 6.07) is 1.94. The van der Waals surface area contributed by atoms with Gasteiger partial charge in [-0.05, 0) is 40.4 Å². The number of halogens is 1. The van der Waals surface area contributed by atoms with Crippen molar-refractivity contribution in [3.05, 3.63) is 28.5 Å². The third-order valence-corrected chi connectivity index (χ3v) is 4.00. The first-order chi connectivity index (χ1) is 8.57. The van der Waals surface area contributed by atoms with Crippen molar-refractivity contribution in [2.24, 2.45) is 5.73 Å². The van der Waals surface area contributed by atoms with Crippen molar-refractivity contribution < 1.29 is 4.79 Å². The fraction of sp³-hybridized carbons (Fsp3) is 0.571. The second-order valence-corrected chi connectivity index (χ2v) is 6.24. The Labute approximate surface area is 116 Å². The van der Waals surface area contributed by atoms with Crippen molar-refractivity contribution in [2.45, 2.75) is 50.5 Å². The van der Waals surface area contributed by atoms with Gasteiger partial charge in [-0.1, -0.05) is 19.3 Å². The summed E-state index contributed by atoms with van der Waals surface area (Å²) < 4.78 is 0.910. The Balaban J connectivity index is 1.92. The van der Waals surface area contributed by atoms with Crippen LogP contribution in [0.1, 0.15) is 44.1 Å². The van der Waals surface area contributed by atoms with Gasteiger partial charge in [0.15, 0.2) is 0 Å². The molecule has 1 saturated carbocycles. The lowest BCUT2D eigenvalue weighted by molar-refractivity contribution is -0.119. The molecule has 0 amide bonds. The van der Waals surface area contributed by atoms with Gasteiger partial charge in [0.2, 0.25) is 0 Å². The van der Waals surface area contributed by atoms with Crippen LogP contribution in [0.2, 0.25) is 0 Å². The summed E-state index contributed by atoms with van der Waals surface area (Å²) in [6.07, 6.45) is 9.93. The topological polar surface area (TPSA) is 56.0 Å². The van der Waals surface area contributed by atoms with E-state index in [4.69, 9.17) is 5.73 Å². The minimum absolute atomic E-state index is 0.222. The summed E-state index contributed by atoms with van der Waals surface area (Å²) in [6.45, 7) is 0. The number of Topliss-reactive ketones (excluding diaryl/α,β-unsaturated/α-hetero) is 1. The maximum Gasteiger partial charge on any atom is 0.139 e. The largest absolute Gasteiger partial charge is 0.325 e. The molecule has 1 fully saturated rings. The predicted molar refractivity (Wildman–Crippen MR) is 75.3 cm³/mol. The summed E-state index contributed by atoms with van der Waals surface area (Å²) in [5.41, 5.74) is 7.00. The van der Waals surface area contributed by atoms with E-state index in [1.165, 1.54) is 6.42 Å². The number of pyridine rings is 1. The highest BCUT2D eigenvalue weighted by Gasteiger charge is 2.29. The summed E-state index contributed by atoms with van der Waals surface area (Å²) >= 11 is 3.36. The van der Waals surface area contributed by atoms with Crippen LogP contribution < -0.4 is 5.73 Å². The molecule has 4 heteroatoms. The van der Waals surface area contributed by atoms with Crippen LogP contribution in [0.3, 0.4) is 0 Å². The molecule has 0 spiro atoms. The van der Waals surface area contributed by atoms with E-state index < -0.39 is 0 Å². The summed E-state index contributed by atoms with van der Waals surface area (Å²) in [4.78, 5) is 16.1. The molecule has 18 heavy (non-hydrogen) atoms. The maximum atomic E-state index is 12.1. The molecule has 1 aromatic rings. The first-order valence-corrected chi connectivity index (χ1v) is 7.27. The van der Waals surface area contributed by atoms with Crippen molar-refractivity contribution in [1.29, 1.82) is 0 Å². The molecule has 0 saturated heterocycles. The lowest BCUT2D eigenvalue weighted by atomic mass is 9.78. The van der Waals surface area contributed by atoms with Crippen molar-refractivity contribution in [3.8, 4) is 0 Å². The molecule has 0 aliphatic heterocycles. The third kappa shape index (κ3) is 3.89. The van der Waals surface area contributed by atoms with Gasteiger partial charge in [0, 0.05) is 35.2 Å². The minimum atomic E-state index is -0.255. The SMILES string of the molecule is NC1(CC(=O)Cc2cncc(Br)c2)CCCCC1. The molecule has 0 unspecified atom stereocenters. The van der Waals surface area contributed by atoms with Crippen LogP contribution in [0.4, 0.5) is 0 Å². The van der Waals surface area contributed by atoms with Gasteiger partial charge < -0.3 is 5.73 Å². The standard InChI is InChI=1S/C14H19BrN2O/c15-12-6-11(9-17-10-12)7-13(18)8-14(16)4-2-1-3-5-14/h6,9-10H,1-5,7-8,16H2. The van der Waals surface area contributed by atoms with Crippen molar-refractivity contribution in [2.75, 3.05) is 0 Å². The van der Waals surface area contributed by atoms with Crippen molar-refractivity contribution in [1.82, 2.24) is 4.98 Å². The van der Waals surface area contributed by atoms with E-state index in [-0.39, 0.29) is 11.3 Å². The summed E-state index contributed by atoms with van der Waals surface area (Å²) in [5.74, 6) is 0.222. The number of hydrogen-bond acceptors (Lipinski definition) is 3. The molecular formula is C14H19BrN2O. The van der Waals surface area contributed by atoms with Gasteiger partial charge >= 0.3 is 0 Å². The smallest absolute Gasteiger partial charge is 0.139 e. The average Bonchev–Trinajstić information content (AvgIpc) is 2.28. The molecule has 0 radical (unpaired) electrons. The number of hydrogen-bond donors (Lipinski definition) is 1. The monoisotopic (exact) mass is 310 g/mol. The Morgan fingerprint density at radius 1 is 1.33 bits per heavy atom. The van der Waals surface area contributed by atoms with Gasteiger partial charge in [-0.15, -0.1) is 0 Å². The van der Waals surface area contributed by atoms with Gasteiger partial charge in [0.1, 0.15) is 5.78 Å². The highest BCUT2D eigenvalue weighted by Crippen LogP contribution is 2.29. The van der Waals surface area contributed by atoms with E-state index in [2.05, 4.69) is 20.9 Å². The van der Waals surface area contributed by atoms with Crippen LogP contribution in [0.15, 0.2) is 22.9 Å². The zero-order valence-electron chi connectivity index (χ0n) is 10.5. The van der Waals surface area contributed by atoms with Crippen molar-refractivity contribution >= 4 is 21.7 Å². The molecule has 1 aliphatic carbocycles. The Hall–Kier alpha value is -0.740. The number of nitrogens with two attached hydrogens (primary N) is 1. The quantitative estimate of drug-likeness (QED) is 0.930. The van der Waals surface area contributed by atoms with Gasteiger partial charge in [-0.2, -0.15) is 0 Å². The molecule has 0 aromatic carbocycles. The minimum Gasteiger partial charge on any atom is -0.325 e. The normalized spacial score (nSPS) is 18.6. The molecular weight excluding hydrogens is 292 g/mol. The molecule has 1 heterocycles. The van der Waals surface area contributed by atoms with Crippen LogP contribution >= 0.6 is 15.9 Å². The van der Waals surface area contributed by atoms with E-state index in [1.807, 2.05) is 6.07 Å². The number of nitrogens with zero attached hydrogens (tertiary/aromatic N) is 1. The van der Waals surface area contributed by atoms with E-state index in [9.17, 15) is 4.79 Å². The first-order valence-electron chi connectivity index (χ1n) is 6.47. The van der Waals surface area contributed by atoms with Crippen LogP contribution in [0, 0.1) is 0 Å². The highest BCUT2D eigenvalue weighted by atomic mass is 79.9. The average molecular weight is 311 g/mol. The van der Waals surface area contributed by atoms with Crippen LogP contribution in [-0.2, 0) is 11.2 Å². The number of rotatable bonds is 4. The van der Waals surface area contributed by atoms with Crippen LogP contribution in [0.5, 0.6) is 0 Å². The van der Waals surface area contributed by atoms with Crippen LogP contribution in [-0.4, -0.2) is 16.3 Å². The second-order valence-electron chi connectivity index (χ2n) is 5.33. The molecule has 2 N–H and O–H groups in total. The van der Waals surface area contributed by atoms with Crippen LogP contribution in [0.25, 0.3) is 0 Å².